The van der Waals surface area contributed by atoms with E-state index in [-0.39, 0.29) is 0 Å². The van der Waals surface area contributed by atoms with E-state index in [1.807, 2.05) is 18.2 Å². The fourth-order valence-electron chi connectivity index (χ4n) is 2.41. The molecule has 0 bridgehead atoms. The SMILES string of the molecule is C#CCCCC1(O)CCc2ccccc21. The number of aryl methyl sites for hydroxylation is 1. The lowest BCUT2D eigenvalue weighted by molar-refractivity contribution is 0.0278. The van der Waals surface area contributed by atoms with Crippen molar-refractivity contribution in [3.63, 3.8) is 0 Å². The van der Waals surface area contributed by atoms with E-state index in [1.54, 1.807) is 0 Å². The van der Waals surface area contributed by atoms with Gasteiger partial charge in [0.05, 0.1) is 5.60 Å². The predicted molar refractivity (Wildman–Crippen MR) is 61.3 cm³/mol. The molecular weight excluding hydrogens is 184 g/mol. The average molecular weight is 200 g/mol. The normalized spacial score (nSPS) is 23.5. The van der Waals surface area contributed by atoms with Gasteiger partial charge in [-0.2, -0.15) is 0 Å². The summed E-state index contributed by atoms with van der Waals surface area (Å²) in [6.45, 7) is 0. The number of aliphatic hydroxyl groups is 1. The Morgan fingerprint density at radius 2 is 2.20 bits per heavy atom. The van der Waals surface area contributed by atoms with Crippen LogP contribution in [0.25, 0.3) is 0 Å². The van der Waals surface area contributed by atoms with Gasteiger partial charge in [0.2, 0.25) is 0 Å². The van der Waals surface area contributed by atoms with Crippen molar-refractivity contribution in [2.45, 2.75) is 37.7 Å². The highest BCUT2D eigenvalue weighted by Gasteiger charge is 2.35. The lowest BCUT2D eigenvalue weighted by atomic mass is 9.90. The van der Waals surface area contributed by atoms with E-state index >= 15 is 0 Å². The van der Waals surface area contributed by atoms with E-state index in [0.717, 1.165) is 37.7 Å². The molecule has 0 radical (unpaired) electrons. The maximum atomic E-state index is 10.5. The van der Waals surface area contributed by atoms with E-state index in [1.165, 1.54) is 5.56 Å². The quantitative estimate of drug-likeness (QED) is 0.587. The van der Waals surface area contributed by atoms with Crippen LogP contribution in [0.15, 0.2) is 24.3 Å². The summed E-state index contributed by atoms with van der Waals surface area (Å²) in [7, 11) is 0. The van der Waals surface area contributed by atoms with E-state index in [0.29, 0.717) is 0 Å². The van der Waals surface area contributed by atoms with Gasteiger partial charge in [-0.25, -0.2) is 0 Å². The lowest BCUT2D eigenvalue weighted by Crippen LogP contribution is -2.21. The summed E-state index contributed by atoms with van der Waals surface area (Å²) < 4.78 is 0. The van der Waals surface area contributed by atoms with Crippen molar-refractivity contribution in [2.75, 3.05) is 0 Å². The Hall–Kier alpha value is -1.26. The highest BCUT2D eigenvalue weighted by atomic mass is 16.3. The molecule has 1 heteroatoms. The van der Waals surface area contributed by atoms with Crippen LogP contribution in [0.2, 0.25) is 0 Å². The number of rotatable bonds is 3. The van der Waals surface area contributed by atoms with Crippen LogP contribution >= 0.6 is 0 Å². The lowest BCUT2D eigenvalue weighted by Gasteiger charge is -2.23. The van der Waals surface area contributed by atoms with Crippen molar-refractivity contribution in [3.05, 3.63) is 35.4 Å². The zero-order chi connectivity index (χ0) is 10.7. The number of fused-ring (bicyclic) bond motifs is 1. The van der Waals surface area contributed by atoms with Crippen LogP contribution in [-0.4, -0.2) is 5.11 Å². The summed E-state index contributed by atoms with van der Waals surface area (Å²) in [5.41, 5.74) is 1.79. The maximum absolute atomic E-state index is 10.5. The summed E-state index contributed by atoms with van der Waals surface area (Å²) in [6, 6.07) is 8.18. The van der Waals surface area contributed by atoms with Gasteiger partial charge in [-0.15, -0.1) is 12.3 Å². The van der Waals surface area contributed by atoms with Crippen molar-refractivity contribution in [3.8, 4) is 12.3 Å². The minimum atomic E-state index is -0.618. The standard InChI is InChI=1S/C14H16O/c1-2-3-6-10-14(15)11-9-12-7-4-5-8-13(12)14/h1,4-5,7-8,15H,3,6,9-11H2. The zero-order valence-electron chi connectivity index (χ0n) is 8.87. The van der Waals surface area contributed by atoms with Gasteiger partial charge in [0.1, 0.15) is 0 Å². The first-order valence-corrected chi connectivity index (χ1v) is 5.50. The van der Waals surface area contributed by atoms with Gasteiger partial charge in [-0.05, 0) is 36.8 Å². The molecule has 0 amide bonds. The smallest absolute Gasteiger partial charge is 0.0902 e. The highest BCUT2D eigenvalue weighted by Crippen LogP contribution is 2.40. The third-order valence-corrected chi connectivity index (χ3v) is 3.24. The molecule has 0 aliphatic heterocycles. The molecular formula is C14H16O. The summed E-state index contributed by atoms with van der Waals surface area (Å²) >= 11 is 0. The second-order valence-electron chi connectivity index (χ2n) is 4.25. The maximum Gasteiger partial charge on any atom is 0.0902 e. The fraction of sp³-hybridized carbons (Fsp3) is 0.429. The van der Waals surface area contributed by atoms with Crippen LogP contribution in [-0.2, 0) is 12.0 Å². The Bertz CT molecular complexity index is 389. The average Bonchev–Trinajstić information content (AvgIpc) is 2.59. The Balaban J connectivity index is 2.14. The van der Waals surface area contributed by atoms with E-state index < -0.39 is 5.60 Å². The minimum absolute atomic E-state index is 0.618. The van der Waals surface area contributed by atoms with Gasteiger partial charge in [0.25, 0.3) is 0 Å². The molecule has 1 N–H and O–H groups in total. The van der Waals surface area contributed by atoms with Gasteiger partial charge in [-0.3, -0.25) is 0 Å². The molecule has 1 unspecified atom stereocenters. The number of hydrogen-bond donors (Lipinski definition) is 1. The van der Waals surface area contributed by atoms with Gasteiger partial charge in [-0.1, -0.05) is 24.3 Å². The molecule has 1 aromatic carbocycles. The van der Waals surface area contributed by atoms with Crippen molar-refractivity contribution in [1.29, 1.82) is 0 Å². The number of unbranched alkanes of at least 4 members (excludes halogenated alkanes) is 1. The van der Waals surface area contributed by atoms with Gasteiger partial charge < -0.3 is 5.11 Å². The Kier molecular flexibility index (Phi) is 2.79. The number of terminal acetylenes is 1. The Morgan fingerprint density at radius 3 is 3.00 bits per heavy atom. The molecule has 15 heavy (non-hydrogen) atoms. The first-order chi connectivity index (χ1) is 7.26. The van der Waals surface area contributed by atoms with Crippen molar-refractivity contribution in [1.82, 2.24) is 0 Å². The summed E-state index contributed by atoms with van der Waals surface area (Å²) in [5, 5.41) is 10.5. The molecule has 78 valence electrons. The van der Waals surface area contributed by atoms with E-state index in [4.69, 9.17) is 6.42 Å². The molecule has 1 nitrogen and oxygen atoms in total. The third-order valence-electron chi connectivity index (χ3n) is 3.24. The van der Waals surface area contributed by atoms with Gasteiger partial charge in [0.15, 0.2) is 0 Å². The molecule has 0 saturated carbocycles. The van der Waals surface area contributed by atoms with Crippen molar-refractivity contribution in [2.24, 2.45) is 0 Å². The van der Waals surface area contributed by atoms with E-state index in [2.05, 4.69) is 12.0 Å². The number of hydrogen-bond acceptors (Lipinski definition) is 1. The molecule has 1 aromatic rings. The second kappa shape index (κ2) is 4.08. The van der Waals surface area contributed by atoms with Gasteiger partial charge >= 0.3 is 0 Å². The second-order valence-corrected chi connectivity index (χ2v) is 4.25. The van der Waals surface area contributed by atoms with Crippen LogP contribution < -0.4 is 0 Å². The van der Waals surface area contributed by atoms with Crippen LogP contribution in [0.1, 0.15) is 36.8 Å². The third kappa shape index (κ3) is 1.91. The van der Waals surface area contributed by atoms with E-state index in [9.17, 15) is 5.11 Å². The molecule has 1 atom stereocenters. The predicted octanol–water partition coefficient (Wildman–Crippen LogP) is 2.62. The van der Waals surface area contributed by atoms with Crippen molar-refractivity contribution >= 4 is 0 Å². The highest BCUT2D eigenvalue weighted by molar-refractivity contribution is 5.36. The molecule has 1 aliphatic carbocycles. The molecule has 0 spiro atoms. The molecule has 0 aromatic heterocycles. The molecule has 0 saturated heterocycles. The summed E-state index contributed by atoms with van der Waals surface area (Å²) in [6.07, 6.45) is 9.50. The molecule has 0 heterocycles. The number of benzene rings is 1. The molecule has 0 fully saturated rings. The van der Waals surface area contributed by atoms with Gasteiger partial charge in [0, 0.05) is 6.42 Å². The zero-order valence-corrected chi connectivity index (χ0v) is 8.87. The largest absolute Gasteiger partial charge is 0.385 e. The first kappa shape index (κ1) is 10.3. The monoisotopic (exact) mass is 200 g/mol. The fourth-order valence-corrected chi connectivity index (χ4v) is 2.41. The van der Waals surface area contributed by atoms with Crippen LogP contribution in [0, 0.1) is 12.3 Å². The van der Waals surface area contributed by atoms with Crippen molar-refractivity contribution < 1.29 is 5.11 Å². The first-order valence-electron chi connectivity index (χ1n) is 5.50. The Morgan fingerprint density at radius 1 is 1.40 bits per heavy atom. The molecule has 1 aliphatic rings. The van der Waals surface area contributed by atoms with Crippen LogP contribution in [0.4, 0.5) is 0 Å². The summed E-state index contributed by atoms with van der Waals surface area (Å²) in [4.78, 5) is 0. The minimum Gasteiger partial charge on any atom is -0.385 e. The topological polar surface area (TPSA) is 20.2 Å². The summed E-state index contributed by atoms with van der Waals surface area (Å²) in [5.74, 6) is 2.62. The van der Waals surface area contributed by atoms with Crippen LogP contribution in [0.5, 0.6) is 0 Å². The Labute approximate surface area is 91.1 Å². The van der Waals surface area contributed by atoms with Crippen LogP contribution in [0.3, 0.4) is 0 Å². The molecule has 2 rings (SSSR count).